The van der Waals surface area contributed by atoms with Crippen LogP contribution in [0, 0.1) is 13.8 Å². The molecule has 104 valence electrons. The highest BCUT2D eigenvalue weighted by molar-refractivity contribution is 7.17. The molecule has 0 aliphatic heterocycles. The topological polar surface area (TPSA) is 57.9 Å². The largest absolute Gasteiger partial charge is 0.378 e. The summed E-state index contributed by atoms with van der Waals surface area (Å²) >= 11 is 1.24. The first-order chi connectivity index (χ1) is 9.51. The van der Waals surface area contributed by atoms with Gasteiger partial charge in [-0.05, 0) is 37.6 Å². The number of azo groups is 1. The molecule has 0 atom stereocenters. The lowest BCUT2D eigenvalue weighted by Gasteiger charge is -2.13. The molecule has 0 aliphatic carbocycles. The van der Waals surface area contributed by atoms with E-state index in [-0.39, 0.29) is 0 Å². The molecule has 0 saturated carbocycles. The Hall–Kier alpha value is -2.08. The molecule has 2 aromatic rings. The summed E-state index contributed by atoms with van der Waals surface area (Å²) in [7, 11) is 3.99. The number of nitrogens with zero attached hydrogens (tertiary/aromatic N) is 4. The molecule has 0 unspecified atom stereocenters. The minimum Gasteiger partial charge on any atom is -0.378 e. The molecule has 20 heavy (non-hydrogen) atoms. The predicted octanol–water partition coefficient (Wildman–Crippen LogP) is 4.05. The lowest BCUT2D eigenvalue weighted by Crippen LogP contribution is -2.08. The van der Waals surface area contributed by atoms with Gasteiger partial charge in [-0.15, -0.1) is 10.2 Å². The minimum absolute atomic E-state index is 0.501. The first-order valence-corrected chi connectivity index (χ1v) is 6.95. The molecule has 1 heterocycles. The molecule has 1 aromatic carbocycles. The van der Waals surface area contributed by atoms with Crippen molar-refractivity contribution in [2.24, 2.45) is 10.2 Å². The highest BCUT2D eigenvalue weighted by Gasteiger charge is 2.06. The molecule has 0 spiro atoms. The van der Waals surface area contributed by atoms with Gasteiger partial charge in [0.15, 0.2) is 6.29 Å². The van der Waals surface area contributed by atoms with Crippen LogP contribution in [0.1, 0.15) is 20.9 Å². The van der Waals surface area contributed by atoms with Crippen molar-refractivity contribution in [2.75, 3.05) is 19.0 Å². The Balaban J connectivity index is 2.24. The second kappa shape index (κ2) is 5.92. The number of anilines is 1. The average Bonchev–Trinajstić information content (AvgIpc) is 2.77. The van der Waals surface area contributed by atoms with Crippen molar-refractivity contribution >= 4 is 34.1 Å². The predicted molar refractivity (Wildman–Crippen MR) is 81.9 cm³/mol. The van der Waals surface area contributed by atoms with Crippen LogP contribution >= 0.6 is 11.3 Å². The molecule has 0 radical (unpaired) electrons. The SMILES string of the molecule is Cc1cc(N(C)C)ccc1N=Nc1nc(C)c(C=O)s1. The molecule has 0 aliphatic rings. The smallest absolute Gasteiger partial charge is 0.230 e. The van der Waals surface area contributed by atoms with E-state index in [0.29, 0.717) is 15.7 Å². The summed E-state index contributed by atoms with van der Waals surface area (Å²) in [6.07, 6.45) is 0.795. The summed E-state index contributed by atoms with van der Waals surface area (Å²) in [4.78, 5) is 17.6. The molecule has 0 bridgehead atoms. The maximum absolute atomic E-state index is 10.8. The van der Waals surface area contributed by atoms with Gasteiger partial charge in [0.05, 0.1) is 16.3 Å². The highest BCUT2D eigenvalue weighted by atomic mass is 32.1. The van der Waals surface area contributed by atoms with E-state index >= 15 is 0 Å². The van der Waals surface area contributed by atoms with Gasteiger partial charge in [-0.25, -0.2) is 4.98 Å². The summed E-state index contributed by atoms with van der Waals surface area (Å²) in [5.41, 5.74) is 3.66. The fraction of sp³-hybridized carbons (Fsp3) is 0.286. The van der Waals surface area contributed by atoms with Crippen LogP contribution in [-0.2, 0) is 0 Å². The van der Waals surface area contributed by atoms with E-state index in [1.807, 2.05) is 38.1 Å². The van der Waals surface area contributed by atoms with Gasteiger partial charge in [0.1, 0.15) is 0 Å². The standard InChI is InChI=1S/C14H16N4OS/c1-9-7-11(18(3)4)5-6-12(9)16-17-14-15-10(2)13(8-19)20-14/h5-8H,1-4H3. The third-order valence-corrected chi connectivity index (χ3v) is 3.84. The van der Waals surface area contributed by atoms with Crippen molar-refractivity contribution in [1.29, 1.82) is 0 Å². The van der Waals surface area contributed by atoms with E-state index in [0.717, 1.165) is 23.2 Å². The minimum atomic E-state index is 0.501. The van der Waals surface area contributed by atoms with Crippen LogP contribution in [0.25, 0.3) is 0 Å². The van der Waals surface area contributed by atoms with Crippen molar-refractivity contribution in [1.82, 2.24) is 4.98 Å². The van der Waals surface area contributed by atoms with Crippen molar-refractivity contribution in [3.8, 4) is 0 Å². The maximum atomic E-state index is 10.8. The van der Waals surface area contributed by atoms with Gasteiger partial charge in [0, 0.05) is 19.8 Å². The van der Waals surface area contributed by atoms with Gasteiger partial charge in [-0.1, -0.05) is 11.3 Å². The monoisotopic (exact) mass is 288 g/mol. The fourth-order valence-electron chi connectivity index (χ4n) is 1.67. The van der Waals surface area contributed by atoms with Crippen molar-refractivity contribution in [3.05, 3.63) is 34.3 Å². The Morgan fingerprint density at radius 2 is 2.00 bits per heavy atom. The molecular formula is C14H16N4OS. The Labute approximate surface area is 122 Å². The molecule has 0 saturated heterocycles. The van der Waals surface area contributed by atoms with Crippen LogP contribution in [-0.4, -0.2) is 25.4 Å². The van der Waals surface area contributed by atoms with E-state index < -0.39 is 0 Å². The number of hydrogen-bond donors (Lipinski definition) is 0. The average molecular weight is 288 g/mol. The van der Waals surface area contributed by atoms with Gasteiger partial charge in [-0.3, -0.25) is 4.79 Å². The summed E-state index contributed by atoms with van der Waals surface area (Å²) in [6, 6.07) is 5.97. The highest BCUT2D eigenvalue weighted by Crippen LogP contribution is 2.28. The van der Waals surface area contributed by atoms with Crippen LogP contribution in [0.3, 0.4) is 0 Å². The van der Waals surface area contributed by atoms with Crippen LogP contribution < -0.4 is 4.90 Å². The van der Waals surface area contributed by atoms with E-state index in [1.54, 1.807) is 6.92 Å². The number of thiazole rings is 1. The zero-order valence-electron chi connectivity index (χ0n) is 11.9. The zero-order chi connectivity index (χ0) is 14.7. The van der Waals surface area contributed by atoms with E-state index in [4.69, 9.17) is 0 Å². The van der Waals surface area contributed by atoms with Crippen LogP contribution in [0.2, 0.25) is 0 Å². The normalized spacial score (nSPS) is 11.0. The van der Waals surface area contributed by atoms with Gasteiger partial charge in [0.25, 0.3) is 0 Å². The van der Waals surface area contributed by atoms with Gasteiger partial charge in [-0.2, -0.15) is 0 Å². The number of benzene rings is 1. The quantitative estimate of drug-likeness (QED) is 0.630. The van der Waals surface area contributed by atoms with E-state index in [1.165, 1.54) is 11.3 Å². The third-order valence-electron chi connectivity index (χ3n) is 2.87. The third kappa shape index (κ3) is 3.08. The van der Waals surface area contributed by atoms with Crippen molar-refractivity contribution in [2.45, 2.75) is 13.8 Å². The maximum Gasteiger partial charge on any atom is 0.230 e. The van der Waals surface area contributed by atoms with E-state index in [2.05, 4.69) is 21.3 Å². The fourth-order valence-corrected chi connectivity index (χ4v) is 2.37. The summed E-state index contributed by atoms with van der Waals surface area (Å²) in [5, 5.41) is 8.81. The second-order valence-electron chi connectivity index (χ2n) is 4.63. The first kappa shape index (κ1) is 14.3. The summed E-state index contributed by atoms with van der Waals surface area (Å²) in [5.74, 6) is 0. The second-order valence-corrected chi connectivity index (χ2v) is 5.64. The molecular weight excluding hydrogens is 272 g/mol. The molecule has 2 rings (SSSR count). The summed E-state index contributed by atoms with van der Waals surface area (Å²) < 4.78 is 0. The molecule has 0 N–H and O–H groups in total. The Morgan fingerprint density at radius 1 is 1.25 bits per heavy atom. The van der Waals surface area contributed by atoms with Crippen LogP contribution in [0.4, 0.5) is 16.5 Å². The van der Waals surface area contributed by atoms with E-state index in [9.17, 15) is 4.79 Å². The number of rotatable bonds is 4. The molecule has 0 fully saturated rings. The lowest BCUT2D eigenvalue weighted by atomic mass is 10.2. The van der Waals surface area contributed by atoms with Crippen LogP contribution in [0.15, 0.2) is 28.4 Å². The zero-order valence-corrected chi connectivity index (χ0v) is 12.7. The van der Waals surface area contributed by atoms with Gasteiger partial charge >= 0.3 is 0 Å². The number of aryl methyl sites for hydroxylation is 2. The first-order valence-electron chi connectivity index (χ1n) is 6.13. The Kier molecular flexibility index (Phi) is 4.24. The molecule has 1 aromatic heterocycles. The van der Waals surface area contributed by atoms with Crippen LogP contribution in [0.5, 0.6) is 0 Å². The number of hydrogen-bond acceptors (Lipinski definition) is 6. The number of aromatic nitrogens is 1. The number of aldehydes is 1. The Morgan fingerprint density at radius 3 is 2.55 bits per heavy atom. The van der Waals surface area contributed by atoms with Crippen molar-refractivity contribution in [3.63, 3.8) is 0 Å². The molecule has 5 nitrogen and oxygen atoms in total. The lowest BCUT2D eigenvalue weighted by molar-refractivity contribution is 0.112. The number of carbonyl (C=O) groups excluding carboxylic acids is 1. The van der Waals surface area contributed by atoms with Gasteiger partial charge in [0.2, 0.25) is 5.13 Å². The molecule has 0 amide bonds. The molecule has 6 heteroatoms. The summed E-state index contributed by atoms with van der Waals surface area (Å²) in [6.45, 7) is 3.78. The Bertz CT molecular complexity index is 661. The number of carbonyl (C=O) groups is 1. The van der Waals surface area contributed by atoms with Gasteiger partial charge < -0.3 is 4.90 Å². The van der Waals surface area contributed by atoms with Crippen molar-refractivity contribution < 1.29 is 4.79 Å².